The van der Waals surface area contributed by atoms with E-state index in [-0.39, 0.29) is 0 Å². The normalized spacial score (nSPS) is 12.1. The van der Waals surface area contributed by atoms with E-state index in [9.17, 15) is 17.3 Å². The monoisotopic (exact) mass is 1510 g/mol. The van der Waals surface area contributed by atoms with E-state index in [2.05, 4.69) is 41.5 Å². The van der Waals surface area contributed by atoms with Gasteiger partial charge in [0.15, 0.2) is 0 Å². The maximum Gasteiger partial charge on any atom is 0.673 e. The van der Waals surface area contributed by atoms with Crippen LogP contribution in [-0.2, 0) is 0 Å². The Labute approximate surface area is 656 Å². The first-order valence-electron chi connectivity index (χ1n) is 49.4. The minimum absolute atomic E-state index is 1.37. The van der Waals surface area contributed by atoms with Gasteiger partial charge in [0.25, 0.3) is 0 Å². The van der Waals surface area contributed by atoms with E-state index in [4.69, 9.17) is 4.17 Å². The van der Waals surface area contributed by atoms with Gasteiger partial charge in [-0.1, -0.05) is 542 Å². The van der Waals surface area contributed by atoms with Gasteiger partial charge in [0.2, 0.25) is 14.1 Å². The van der Waals surface area contributed by atoms with Crippen LogP contribution < -0.4 is 4.17 Å². The van der Waals surface area contributed by atoms with Gasteiger partial charge in [0, 0.05) is 37.0 Å². The van der Waals surface area contributed by atoms with E-state index in [0.717, 1.165) is 0 Å². The molecule has 628 valence electrons. The van der Waals surface area contributed by atoms with E-state index >= 15 is 0 Å². The molecular formula is C96H198BF4NP2. The van der Waals surface area contributed by atoms with Gasteiger partial charge < -0.3 is 17.3 Å². The molecule has 0 fully saturated rings. The zero-order valence-electron chi connectivity index (χ0n) is 73.1. The molecule has 0 saturated heterocycles. The lowest BCUT2D eigenvalue weighted by atomic mass is 10.0. The minimum atomic E-state index is -6.00. The quantitative estimate of drug-likeness (QED) is 0.0189. The van der Waals surface area contributed by atoms with Crippen molar-refractivity contribution in [2.24, 2.45) is 0 Å². The second-order valence-electron chi connectivity index (χ2n) is 34.7. The van der Waals surface area contributed by atoms with Crippen LogP contribution in [0.3, 0.4) is 0 Å². The van der Waals surface area contributed by atoms with E-state index in [1.54, 1.807) is 37.0 Å². The zero-order valence-corrected chi connectivity index (χ0v) is 74.9. The molecule has 0 aliphatic carbocycles. The molecule has 0 bridgehead atoms. The van der Waals surface area contributed by atoms with Crippen LogP contribution in [0.15, 0.2) is 0 Å². The summed E-state index contributed by atoms with van der Waals surface area (Å²) in [6.45, 7) is 14.1. The van der Waals surface area contributed by atoms with Gasteiger partial charge >= 0.3 is 7.25 Å². The van der Waals surface area contributed by atoms with Gasteiger partial charge in [-0.3, -0.25) is 0 Å². The Balaban J connectivity index is 0. The van der Waals surface area contributed by atoms with Crippen molar-refractivity contribution in [2.75, 3.05) is 37.0 Å². The summed E-state index contributed by atoms with van der Waals surface area (Å²) in [7, 11) is -8.92. The van der Waals surface area contributed by atoms with Crippen molar-refractivity contribution in [3.63, 3.8) is 0 Å². The molecular weight excluding hydrogens is 1320 g/mol. The van der Waals surface area contributed by atoms with Crippen LogP contribution in [0.2, 0.25) is 0 Å². The highest BCUT2D eigenvalue weighted by Crippen LogP contribution is 2.56. The van der Waals surface area contributed by atoms with Crippen molar-refractivity contribution in [3.05, 3.63) is 0 Å². The molecule has 0 aromatic rings. The minimum Gasteiger partial charge on any atom is -0.418 e. The lowest BCUT2D eigenvalue weighted by molar-refractivity contribution is 0.368. The number of rotatable bonds is 90. The predicted molar refractivity (Wildman–Crippen MR) is 477 cm³/mol. The lowest BCUT2D eigenvalue weighted by Gasteiger charge is -2.20. The molecule has 0 aromatic carbocycles. The molecule has 0 radical (unpaired) electrons. The van der Waals surface area contributed by atoms with Gasteiger partial charge in [-0.15, -0.1) is 0 Å². The fraction of sp³-hybridized carbons (Fsp3) is 1.00. The topological polar surface area (TPSA) is 14.1 Å². The lowest BCUT2D eigenvalue weighted by Crippen LogP contribution is -2.10. The van der Waals surface area contributed by atoms with E-state index < -0.39 is 21.4 Å². The average Bonchev–Trinajstić information content (AvgIpc) is 0.811. The Kier molecular flexibility index (Phi) is 92.6. The number of halogens is 4. The molecule has 0 atom stereocenters. The number of nitrogens with zero attached hydrogens (tertiary/aromatic N) is 1. The Hall–Kier alpha value is 0.355. The van der Waals surface area contributed by atoms with Crippen LogP contribution in [0.4, 0.5) is 17.3 Å². The van der Waals surface area contributed by atoms with Crippen molar-refractivity contribution < 1.29 is 17.3 Å². The smallest absolute Gasteiger partial charge is 0.418 e. The summed E-state index contributed by atoms with van der Waals surface area (Å²) in [4.78, 5) is 0. The molecule has 0 amide bonds. The number of hydrogen-bond acceptors (Lipinski definition) is 0. The highest BCUT2D eigenvalue weighted by atomic mass is 31.2. The van der Waals surface area contributed by atoms with Gasteiger partial charge in [0.1, 0.15) is 0 Å². The largest absolute Gasteiger partial charge is 0.673 e. The van der Waals surface area contributed by atoms with E-state index in [1.165, 1.54) is 539 Å². The highest BCUT2D eigenvalue weighted by molar-refractivity contribution is 7.73. The summed E-state index contributed by atoms with van der Waals surface area (Å²) >= 11 is 0. The van der Waals surface area contributed by atoms with Crippen LogP contribution in [-0.4, -0.2) is 44.2 Å². The van der Waals surface area contributed by atoms with Gasteiger partial charge in [0.05, 0.1) is 0 Å². The molecule has 0 saturated carbocycles. The Bertz CT molecular complexity index is 1400. The van der Waals surface area contributed by atoms with Crippen LogP contribution >= 0.6 is 14.1 Å². The third-order valence-electron chi connectivity index (χ3n) is 23.9. The molecule has 0 spiro atoms. The summed E-state index contributed by atoms with van der Waals surface area (Å²) in [5.41, 5.74) is 0. The molecule has 0 unspecified atom stereocenters. The van der Waals surface area contributed by atoms with Gasteiger partial charge in [-0.05, 0) is 38.5 Å². The Morgan fingerprint density at radius 2 is 0.202 bits per heavy atom. The van der Waals surface area contributed by atoms with Crippen LogP contribution in [0.1, 0.15) is 581 Å². The average molecular weight is 1520 g/mol. The molecule has 0 aliphatic rings. The molecule has 0 heterocycles. The molecule has 0 aromatic heterocycles. The molecule has 0 N–H and O–H groups in total. The summed E-state index contributed by atoms with van der Waals surface area (Å²) in [5.74, 6) is 0. The summed E-state index contributed by atoms with van der Waals surface area (Å²) < 4.78 is 46.2. The number of hydrogen-bond donors (Lipinski definition) is 0. The van der Waals surface area contributed by atoms with Crippen molar-refractivity contribution in [3.8, 4) is 0 Å². The fourth-order valence-corrected chi connectivity index (χ4v) is 28.5. The summed E-state index contributed by atoms with van der Waals surface area (Å²) in [6.07, 6.45) is 133. The first-order chi connectivity index (χ1) is 51.1. The van der Waals surface area contributed by atoms with Crippen molar-refractivity contribution in [2.45, 2.75) is 581 Å². The first-order valence-corrected chi connectivity index (χ1v) is 54.0. The van der Waals surface area contributed by atoms with Crippen LogP contribution in [0, 0.1) is 0 Å². The maximum absolute atomic E-state index is 9.75. The summed E-state index contributed by atoms with van der Waals surface area (Å²) in [5, 5.41) is 0. The third kappa shape index (κ3) is 89.6. The van der Waals surface area contributed by atoms with E-state index in [1.807, 2.05) is 0 Å². The van der Waals surface area contributed by atoms with Crippen molar-refractivity contribution in [1.29, 1.82) is 0 Å². The zero-order chi connectivity index (χ0) is 75.8. The Morgan fingerprint density at radius 1 is 0.135 bits per heavy atom. The fourth-order valence-electron chi connectivity index (χ4n) is 16.9. The molecule has 0 aliphatic heterocycles. The summed E-state index contributed by atoms with van der Waals surface area (Å²) in [6, 6.07) is 0. The van der Waals surface area contributed by atoms with Crippen molar-refractivity contribution in [1.82, 2.24) is 4.17 Å². The predicted octanol–water partition coefficient (Wildman–Crippen LogP) is 38.6. The van der Waals surface area contributed by atoms with Gasteiger partial charge in [-0.2, -0.15) is 4.17 Å². The van der Waals surface area contributed by atoms with E-state index in [0.29, 0.717) is 0 Å². The molecule has 104 heavy (non-hydrogen) atoms. The van der Waals surface area contributed by atoms with Crippen LogP contribution in [0.5, 0.6) is 0 Å². The van der Waals surface area contributed by atoms with Crippen LogP contribution in [0.25, 0.3) is 0 Å². The maximum atomic E-state index is 9.75. The second kappa shape index (κ2) is 90.5. The number of unbranched alkanes of at least 4 members (excludes halogenated alkanes) is 78. The SMILES string of the molecule is CCCCCCCCCCCCCCCCP(CCCCCCCCCCCCCCCC)(CCCCCCCCCCCCCCCC)=[N+]=P(CCCCCCCCCCCCCCCC)(CCCCCCCCCCCCCCCC)CCCCCCCCCCCCCCCC.F[B-](F)(F)F. The molecule has 0 rings (SSSR count). The second-order valence-corrected chi connectivity index (χ2v) is 42.5. The Morgan fingerprint density at radius 3 is 0.279 bits per heavy atom. The van der Waals surface area contributed by atoms with Crippen molar-refractivity contribution >= 4 is 21.4 Å². The van der Waals surface area contributed by atoms with Gasteiger partial charge in [-0.25, -0.2) is 0 Å². The highest BCUT2D eigenvalue weighted by Gasteiger charge is 2.35. The molecule has 1 nitrogen and oxygen atoms in total. The third-order valence-corrected chi connectivity index (χ3v) is 33.9. The first kappa shape index (κ1) is 106. The standard InChI is InChI=1S/C96H198NP2.BF4/c1-7-13-19-25-31-37-43-49-55-61-67-73-79-85-91-98(92-86-80-74-68-62-56-50-44-38-32-26-20-14-8-2,93-87-81-75-69-63-57-51-45-39-33-27-21-15-9-3)97-99(94-88-82-76-70-64-58-52-46-40-34-28-22-16-10-4,95-89-83-77-71-65-59-53-47-41-35-29-23-17-11-5)96-90-84-78-72-66-60-54-48-42-36-30-24-18-12-6;2-1(3,4)5/h7-96H2,1-6H3;/q+1;-1. The molecule has 8 heteroatoms.